The summed E-state index contributed by atoms with van der Waals surface area (Å²) in [5, 5.41) is 3.36. The Balaban J connectivity index is 2.62. The second-order valence-corrected chi connectivity index (χ2v) is 2.91. The van der Waals surface area contributed by atoms with Gasteiger partial charge in [-0.15, -0.1) is 13.2 Å². The molecule has 1 unspecified atom stereocenters. The van der Waals surface area contributed by atoms with Gasteiger partial charge in [0, 0.05) is 6.54 Å². The van der Waals surface area contributed by atoms with Crippen LogP contribution in [0.15, 0.2) is 49.6 Å². The Hall–Kier alpha value is -1.08. The van der Waals surface area contributed by atoms with Crippen molar-refractivity contribution >= 4 is 0 Å². The average molecular weight is 161 g/mol. The SMILES string of the molecule is C=CCNC1(C=C)C=CC=CC1. The zero-order valence-corrected chi connectivity index (χ0v) is 7.29. The molecule has 0 aromatic heterocycles. The van der Waals surface area contributed by atoms with E-state index in [1.165, 1.54) is 0 Å². The van der Waals surface area contributed by atoms with Gasteiger partial charge in [0.1, 0.15) is 0 Å². The van der Waals surface area contributed by atoms with E-state index < -0.39 is 0 Å². The van der Waals surface area contributed by atoms with E-state index in [0.29, 0.717) is 0 Å². The molecule has 1 nitrogen and oxygen atoms in total. The van der Waals surface area contributed by atoms with Crippen molar-refractivity contribution in [3.63, 3.8) is 0 Å². The lowest BCUT2D eigenvalue weighted by Crippen LogP contribution is -2.41. The molecule has 0 bridgehead atoms. The normalized spacial score (nSPS) is 27.0. The van der Waals surface area contributed by atoms with E-state index >= 15 is 0 Å². The molecule has 0 heterocycles. The number of allylic oxidation sites excluding steroid dienone is 2. The topological polar surface area (TPSA) is 12.0 Å². The van der Waals surface area contributed by atoms with Gasteiger partial charge in [-0.3, -0.25) is 0 Å². The van der Waals surface area contributed by atoms with Crippen molar-refractivity contribution in [1.29, 1.82) is 0 Å². The van der Waals surface area contributed by atoms with Gasteiger partial charge < -0.3 is 5.32 Å². The highest BCUT2D eigenvalue weighted by atomic mass is 14.9. The monoisotopic (exact) mass is 161 g/mol. The first-order valence-corrected chi connectivity index (χ1v) is 4.17. The fourth-order valence-electron chi connectivity index (χ4n) is 1.25. The molecule has 64 valence electrons. The highest BCUT2D eigenvalue weighted by Gasteiger charge is 2.20. The fourth-order valence-corrected chi connectivity index (χ4v) is 1.25. The third-order valence-electron chi connectivity index (χ3n) is 2.04. The maximum Gasteiger partial charge on any atom is 0.0588 e. The third-order valence-corrected chi connectivity index (χ3v) is 2.04. The van der Waals surface area contributed by atoms with Gasteiger partial charge in [0.15, 0.2) is 0 Å². The molecule has 1 N–H and O–H groups in total. The molecule has 1 atom stereocenters. The third kappa shape index (κ3) is 1.95. The van der Waals surface area contributed by atoms with Crippen molar-refractivity contribution in [2.75, 3.05) is 6.54 Å². The lowest BCUT2D eigenvalue weighted by molar-refractivity contribution is 0.515. The molecule has 0 aromatic rings. The van der Waals surface area contributed by atoms with E-state index in [1.54, 1.807) is 0 Å². The Kier molecular flexibility index (Phi) is 3.06. The van der Waals surface area contributed by atoms with Gasteiger partial charge in [-0.05, 0) is 6.42 Å². The second-order valence-electron chi connectivity index (χ2n) is 2.91. The smallest absolute Gasteiger partial charge is 0.0588 e. The first kappa shape index (κ1) is 9.01. The number of hydrogen-bond acceptors (Lipinski definition) is 1. The summed E-state index contributed by atoms with van der Waals surface area (Å²) < 4.78 is 0. The van der Waals surface area contributed by atoms with E-state index in [-0.39, 0.29) is 5.54 Å². The van der Waals surface area contributed by atoms with Crippen LogP contribution in [0.1, 0.15) is 6.42 Å². The minimum absolute atomic E-state index is 0.0526. The van der Waals surface area contributed by atoms with Crippen LogP contribution in [0.2, 0.25) is 0 Å². The molecule has 0 fully saturated rings. The van der Waals surface area contributed by atoms with Crippen LogP contribution in [-0.2, 0) is 0 Å². The summed E-state index contributed by atoms with van der Waals surface area (Å²) in [4.78, 5) is 0. The van der Waals surface area contributed by atoms with Crippen LogP contribution in [0.4, 0.5) is 0 Å². The fraction of sp³-hybridized carbons (Fsp3) is 0.273. The van der Waals surface area contributed by atoms with Crippen LogP contribution in [0.3, 0.4) is 0 Å². The molecule has 0 amide bonds. The summed E-state index contributed by atoms with van der Waals surface area (Å²) in [6.07, 6.45) is 13.1. The van der Waals surface area contributed by atoms with Gasteiger partial charge in [0.2, 0.25) is 0 Å². The van der Waals surface area contributed by atoms with Crippen LogP contribution in [-0.4, -0.2) is 12.1 Å². The van der Waals surface area contributed by atoms with Crippen LogP contribution in [0.25, 0.3) is 0 Å². The Morgan fingerprint density at radius 1 is 1.42 bits per heavy atom. The predicted octanol–water partition coefficient (Wildman–Crippen LogP) is 2.20. The van der Waals surface area contributed by atoms with Gasteiger partial charge in [-0.25, -0.2) is 0 Å². The number of rotatable bonds is 4. The van der Waals surface area contributed by atoms with E-state index in [1.807, 2.05) is 18.2 Å². The minimum Gasteiger partial charge on any atom is -0.301 e. The Bertz CT molecular complexity index is 225. The van der Waals surface area contributed by atoms with Gasteiger partial charge in [0.25, 0.3) is 0 Å². The molecule has 0 aliphatic heterocycles. The molecule has 12 heavy (non-hydrogen) atoms. The highest BCUT2D eigenvalue weighted by molar-refractivity contribution is 5.27. The van der Waals surface area contributed by atoms with Crippen molar-refractivity contribution in [1.82, 2.24) is 5.32 Å². The van der Waals surface area contributed by atoms with E-state index in [0.717, 1.165) is 13.0 Å². The van der Waals surface area contributed by atoms with Crippen molar-refractivity contribution in [2.45, 2.75) is 12.0 Å². The maximum absolute atomic E-state index is 3.83. The predicted molar refractivity (Wildman–Crippen MR) is 54.0 cm³/mol. The van der Waals surface area contributed by atoms with Crippen LogP contribution >= 0.6 is 0 Å². The summed E-state index contributed by atoms with van der Waals surface area (Å²) in [7, 11) is 0. The first-order valence-electron chi connectivity index (χ1n) is 4.17. The maximum atomic E-state index is 3.83. The molecular formula is C11H15N. The molecule has 0 saturated carbocycles. The van der Waals surface area contributed by atoms with E-state index in [4.69, 9.17) is 0 Å². The van der Waals surface area contributed by atoms with Gasteiger partial charge in [0.05, 0.1) is 5.54 Å². The van der Waals surface area contributed by atoms with Crippen LogP contribution in [0.5, 0.6) is 0 Å². The number of hydrogen-bond donors (Lipinski definition) is 1. The largest absolute Gasteiger partial charge is 0.301 e. The summed E-state index contributed by atoms with van der Waals surface area (Å²) in [5.74, 6) is 0. The summed E-state index contributed by atoms with van der Waals surface area (Å²) in [5.41, 5.74) is -0.0526. The molecule has 0 spiro atoms. The molecule has 0 radical (unpaired) electrons. The van der Waals surface area contributed by atoms with Crippen molar-refractivity contribution in [3.05, 3.63) is 49.6 Å². The average Bonchev–Trinajstić information content (AvgIpc) is 2.16. The molecule has 0 saturated heterocycles. The summed E-state index contributed by atoms with van der Waals surface area (Å²) >= 11 is 0. The van der Waals surface area contributed by atoms with Crippen molar-refractivity contribution in [3.8, 4) is 0 Å². The highest BCUT2D eigenvalue weighted by Crippen LogP contribution is 2.18. The zero-order chi connectivity index (χ0) is 8.86. The minimum atomic E-state index is -0.0526. The molecule has 1 aliphatic carbocycles. The summed E-state index contributed by atoms with van der Waals surface area (Å²) in [6, 6.07) is 0. The van der Waals surface area contributed by atoms with Crippen LogP contribution in [0, 0.1) is 0 Å². The number of nitrogens with one attached hydrogen (secondary N) is 1. The summed E-state index contributed by atoms with van der Waals surface area (Å²) in [6.45, 7) is 8.31. The van der Waals surface area contributed by atoms with E-state index in [2.05, 4.69) is 36.7 Å². The Morgan fingerprint density at radius 3 is 2.75 bits per heavy atom. The van der Waals surface area contributed by atoms with E-state index in [9.17, 15) is 0 Å². The van der Waals surface area contributed by atoms with Crippen LogP contribution < -0.4 is 5.32 Å². The molecule has 1 aliphatic rings. The van der Waals surface area contributed by atoms with Gasteiger partial charge in [-0.1, -0.05) is 36.5 Å². The standard InChI is InChI=1S/C11H15N/c1-3-10-12-11(4-2)8-6-5-7-9-11/h3-8,12H,1-2,9-10H2. The lowest BCUT2D eigenvalue weighted by atomic mass is 9.91. The van der Waals surface area contributed by atoms with Crippen molar-refractivity contribution in [2.24, 2.45) is 0 Å². The Labute approximate surface area is 74.2 Å². The van der Waals surface area contributed by atoms with Crippen molar-refractivity contribution < 1.29 is 0 Å². The quantitative estimate of drug-likeness (QED) is 0.623. The molecule has 0 aromatic carbocycles. The second kappa shape index (κ2) is 4.07. The molecule has 1 rings (SSSR count). The first-order chi connectivity index (χ1) is 5.83. The molecular weight excluding hydrogens is 146 g/mol. The Morgan fingerprint density at radius 2 is 2.25 bits per heavy atom. The van der Waals surface area contributed by atoms with Gasteiger partial charge >= 0.3 is 0 Å². The zero-order valence-electron chi connectivity index (χ0n) is 7.29. The lowest BCUT2D eigenvalue weighted by Gasteiger charge is -2.28. The van der Waals surface area contributed by atoms with Gasteiger partial charge in [-0.2, -0.15) is 0 Å². The molecule has 1 heteroatoms.